The van der Waals surface area contributed by atoms with Crippen LogP contribution in [0.2, 0.25) is 0 Å². The molecule has 0 fully saturated rings. The maximum atomic E-state index is 11.6. The molecule has 3 aromatic heterocycles. The van der Waals surface area contributed by atoms with Crippen LogP contribution < -0.4 is 16.3 Å². The molecular formula is C19H17ClN6O7. The number of nitrogens with two attached hydrogens (primary N) is 1. The quantitative estimate of drug-likeness (QED) is 0.273. The predicted molar refractivity (Wildman–Crippen MR) is 114 cm³/mol. The number of carbonyl (C=O) groups is 3. The van der Waals surface area contributed by atoms with Crippen LogP contribution in [0.25, 0.3) is 16.7 Å². The van der Waals surface area contributed by atoms with Crippen LogP contribution in [-0.2, 0) is 18.3 Å². The van der Waals surface area contributed by atoms with E-state index < -0.39 is 23.5 Å². The number of oxazole rings is 1. The van der Waals surface area contributed by atoms with Crippen molar-refractivity contribution in [1.82, 2.24) is 24.0 Å². The molecule has 0 unspecified atom stereocenters. The molecule has 1 amide bonds. The van der Waals surface area contributed by atoms with Crippen LogP contribution in [-0.4, -0.2) is 49.2 Å². The first kappa shape index (κ1) is 23.4. The molecule has 0 radical (unpaired) electrons. The van der Waals surface area contributed by atoms with Gasteiger partial charge in [0.2, 0.25) is 0 Å². The Labute approximate surface area is 189 Å². The number of aromatic nitrogens is 4. The second-order valence-electron chi connectivity index (χ2n) is 6.52. The number of halogens is 1. The Morgan fingerprint density at radius 2 is 2.03 bits per heavy atom. The lowest BCUT2D eigenvalue weighted by Gasteiger charge is -2.04. The molecule has 33 heavy (non-hydrogen) atoms. The summed E-state index contributed by atoms with van der Waals surface area (Å²) in [6.07, 6.45) is 1.10. The highest BCUT2D eigenvalue weighted by atomic mass is 35.5. The minimum Gasteiger partial charge on any atom is -0.477 e. The van der Waals surface area contributed by atoms with Gasteiger partial charge in [-0.3, -0.25) is 9.36 Å². The molecule has 0 aliphatic rings. The molecule has 0 aliphatic carbocycles. The van der Waals surface area contributed by atoms with Crippen molar-refractivity contribution >= 4 is 46.4 Å². The molecule has 4 rings (SSSR count). The molecule has 0 saturated heterocycles. The number of hydrogen-bond donors (Lipinski definition) is 3. The number of carboxylic acids is 1. The minimum absolute atomic E-state index is 0.0896. The fourth-order valence-corrected chi connectivity index (χ4v) is 3.01. The summed E-state index contributed by atoms with van der Waals surface area (Å²) in [6.45, 7) is 0.552. The van der Waals surface area contributed by atoms with Crippen LogP contribution in [0, 0.1) is 0 Å². The van der Waals surface area contributed by atoms with E-state index in [1.807, 2.05) is 12.1 Å². The number of nitrogens with one attached hydrogen (secondary N) is 1. The Morgan fingerprint density at radius 1 is 1.30 bits per heavy atom. The number of ether oxygens (including phenoxy) is 1. The summed E-state index contributed by atoms with van der Waals surface area (Å²) in [5, 5.41) is 12.7. The van der Waals surface area contributed by atoms with E-state index in [1.54, 1.807) is 13.1 Å². The molecule has 0 spiro atoms. The normalized spacial score (nSPS) is 10.6. The van der Waals surface area contributed by atoms with Crippen LogP contribution >= 0.6 is 11.8 Å². The van der Waals surface area contributed by atoms with Crippen molar-refractivity contribution in [3.8, 4) is 0 Å². The third kappa shape index (κ3) is 4.68. The van der Waals surface area contributed by atoms with Crippen molar-refractivity contribution < 1.29 is 28.6 Å². The maximum absolute atomic E-state index is 11.6. The smallest absolute Gasteiger partial charge is 0.419 e. The first-order valence-electron chi connectivity index (χ1n) is 9.10. The lowest BCUT2D eigenvalue weighted by molar-refractivity contribution is 0.0590. The molecule has 1 aromatic carbocycles. The minimum atomic E-state index is -1.36. The zero-order valence-electron chi connectivity index (χ0n) is 17.2. The molecular weight excluding hydrogens is 460 g/mol. The molecule has 0 atom stereocenters. The number of primary amides is 1. The first-order valence-corrected chi connectivity index (χ1v) is 9.47. The summed E-state index contributed by atoms with van der Waals surface area (Å²) < 4.78 is 12.0. The van der Waals surface area contributed by atoms with Crippen LogP contribution in [0.1, 0.15) is 36.9 Å². The number of hydrogen-bond acceptors (Lipinski definition) is 9. The van der Waals surface area contributed by atoms with Gasteiger partial charge in [0.25, 0.3) is 5.91 Å². The lowest BCUT2D eigenvalue weighted by atomic mass is 10.2. The van der Waals surface area contributed by atoms with Gasteiger partial charge in [-0.05, 0) is 29.5 Å². The van der Waals surface area contributed by atoms with Crippen LogP contribution in [0.5, 0.6) is 0 Å². The van der Waals surface area contributed by atoms with Gasteiger partial charge in [0.05, 0.1) is 18.8 Å². The van der Waals surface area contributed by atoms with Gasteiger partial charge in [-0.2, -0.15) is 5.10 Å². The number of methoxy groups -OCH3 is 1. The van der Waals surface area contributed by atoms with E-state index in [4.69, 9.17) is 27.0 Å². The standard InChI is InChI=1S/C10H8N4O5.C9H9ClN2O2/c1-19-10(18)6-2-5(9(16)17)13-8-4(7(11)15)3-12-14(6)8;1-12-7-4-6(5-11-10)2-3-8(7)14-9(12)13/h2-3H,1H3,(H2,11,15)(H,16,17);2-4,11H,5H2,1H3. The van der Waals surface area contributed by atoms with Gasteiger partial charge in [-0.25, -0.2) is 28.7 Å². The van der Waals surface area contributed by atoms with Gasteiger partial charge in [0.1, 0.15) is 5.56 Å². The van der Waals surface area contributed by atoms with Crippen molar-refractivity contribution in [2.75, 3.05) is 7.11 Å². The van der Waals surface area contributed by atoms with Crippen molar-refractivity contribution in [3.05, 3.63) is 63.5 Å². The summed E-state index contributed by atoms with van der Waals surface area (Å²) in [4.78, 5) is 51.1. The molecule has 0 bridgehead atoms. The van der Waals surface area contributed by atoms with E-state index in [0.29, 0.717) is 12.1 Å². The van der Waals surface area contributed by atoms with Gasteiger partial charge in [-0.1, -0.05) is 6.07 Å². The van der Waals surface area contributed by atoms with Crippen LogP contribution in [0.15, 0.2) is 39.7 Å². The van der Waals surface area contributed by atoms with E-state index >= 15 is 0 Å². The van der Waals surface area contributed by atoms with E-state index in [0.717, 1.165) is 35.0 Å². The number of aryl methyl sites for hydroxylation is 1. The monoisotopic (exact) mass is 476 g/mol. The number of aromatic carboxylic acids is 1. The van der Waals surface area contributed by atoms with Gasteiger partial charge in [0, 0.05) is 19.7 Å². The zero-order valence-corrected chi connectivity index (χ0v) is 18.0. The molecule has 3 heterocycles. The van der Waals surface area contributed by atoms with Crippen molar-refractivity contribution in [2.24, 2.45) is 12.8 Å². The number of fused-ring (bicyclic) bond motifs is 2. The molecule has 14 heteroatoms. The Morgan fingerprint density at radius 3 is 2.64 bits per heavy atom. The second kappa shape index (κ2) is 9.50. The maximum Gasteiger partial charge on any atom is 0.419 e. The Kier molecular flexibility index (Phi) is 6.75. The van der Waals surface area contributed by atoms with Gasteiger partial charge < -0.3 is 20.0 Å². The van der Waals surface area contributed by atoms with E-state index in [1.165, 1.54) is 4.57 Å². The summed E-state index contributed by atoms with van der Waals surface area (Å²) in [7, 11) is 2.81. The summed E-state index contributed by atoms with van der Waals surface area (Å²) in [5.74, 6) is -3.35. The average Bonchev–Trinajstić information content (AvgIpc) is 3.34. The largest absolute Gasteiger partial charge is 0.477 e. The predicted octanol–water partition coefficient (Wildman–Crippen LogP) is 0.688. The van der Waals surface area contributed by atoms with Crippen molar-refractivity contribution in [2.45, 2.75) is 6.54 Å². The number of carboxylic acid groups (broad SMARTS) is 1. The Bertz CT molecular complexity index is 1440. The molecule has 0 aliphatic heterocycles. The summed E-state index contributed by atoms with van der Waals surface area (Å²) in [5.41, 5.74) is 6.69. The fourth-order valence-electron chi connectivity index (χ4n) is 2.86. The topological polar surface area (TPSA) is 184 Å². The first-order chi connectivity index (χ1) is 15.7. The van der Waals surface area contributed by atoms with E-state index in [9.17, 15) is 19.2 Å². The number of nitrogens with zero attached hydrogens (tertiary/aromatic N) is 4. The number of carbonyl (C=O) groups excluding carboxylic acids is 2. The molecule has 4 N–H and O–H groups in total. The van der Waals surface area contributed by atoms with Gasteiger partial charge in [0.15, 0.2) is 22.6 Å². The number of esters is 1. The van der Waals surface area contributed by atoms with E-state index in [-0.39, 0.29) is 22.7 Å². The average molecular weight is 477 g/mol. The SMILES string of the molecule is COC(=O)c1cc(C(=O)O)nc2c(C(N)=O)cnn12.Cn1c(=O)oc2ccc(CNCl)cc21. The van der Waals surface area contributed by atoms with Crippen molar-refractivity contribution in [1.29, 1.82) is 0 Å². The summed E-state index contributed by atoms with van der Waals surface area (Å²) in [6, 6.07) is 6.50. The number of rotatable bonds is 5. The number of amides is 1. The molecule has 4 aromatic rings. The van der Waals surface area contributed by atoms with Crippen LogP contribution in [0.3, 0.4) is 0 Å². The fraction of sp³-hybridized carbons (Fsp3) is 0.158. The van der Waals surface area contributed by atoms with Gasteiger partial charge >= 0.3 is 17.7 Å². The lowest BCUT2D eigenvalue weighted by Crippen LogP contribution is -2.16. The Hall–Kier alpha value is -4.23. The molecule has 172 valence electrons. The van der Waals surface area contributed by atoms with E-state index in [2.05, 4.69) is 19.7 Å². The van der Waals surface area contributed by atoms with Crippen molar-refractivity contribution in [3.63, 3.8) is 0 Å². The third-order valence-corrected chi connectivity index (χ3v) is 4.61. The highest BCUT2D eigenvalue weighted by Gasteiger charge is 2.21. The van der Waals surface area contributed by atoms with Gasteiger partial charge in [-0.15, -0.1) is 0 Å². The highest BCUT2D eigenvalue weighted by Crippen LogP contribution is 2.14. The second-order valence-corrected chi connectivity index (χ2v) is 6.79. The third-order valence-electron chi connectivity index (χ3n) is 4.48. The molecule has 13 nitrogen and oxygen atoms in total. The highest BCUT2D eigenvalue weighted by molar-refractivity contribution is 6.13. The summed E-state index contributed by atoms with van der Waals surface area (Å²) >= 11 is 5.39. The zero-order chi connectivity index (χ0) is 24.3. The van der Waals surface area contributed by atoms with Crippen LogP contribution in [0.4, 0.5) is 0 Å². The Balaban J connectivity index is 0.000000194. The number of benzene rings is 1. The molecule has 0 saturated carbocycles.